The SMILES string of the molecule is O=C1OCc2cc(C(F)(F)F)ccc2-c2cc(c(F)cc2F)NS(=O)(=O)c2cc1cc(Br)c2O. The molecule has 0 atom stereocenters. The molecular formula is C21H11BrF5NO5S. The number of rotatable bonds is 0. The van der Waals surface area contributed by atoms with Gasteiger partial charge in [-0.3, -0.25) is 4.72 Å². The van der Waals surface area contributed by atoms with Crippen molar-refractivity contribution in [3.63, 3.8) is 0 Å². The van der Waals surface area contributed by atoms with Gasteiger partial charge in [0.05, 0.1) is 21.3 Å². The third kappa shape index (κ3) is 4.32. The maximum atomic E-state index is 14.7. The molecule has 0 saturated carbocycles. The highest BCUT2D eigenvalue weighted by molar-refractivity contribution is 9.10. The third-order valence-electron chi connectivity index (χ3n) is 4.94. The second-order valence-electron chi connectivity index (χ2n) is 7.17. The number of anilines is 1. The van der Waals surface area contributed by atoms with Crippen LogP contribution in [-0.4, -0.2) is 19.5 Å². The number of benzene rings is 3. The van der Waals surface area contributed by atoms with E-state index in [1.54, 1.807) is 0 Å². The molecule has 0 saturated heterocycles. The Bertz CT molecular complexity index is 1460. The number of sulfonamides is 1. The van der Waals surface area contributed by atoms with Crippen molar-refractivity contribution in [1.82, 2.24) is 0 Å². The molecule has 0 unspecified atom stereocenters. The van der Waals surface area contributed by atoms with Crippen LogP contribution in [-0.2, 0) is 27.5 Å². The van der Waals surface area contributed by atoms with E-state index in [9.17, 15) is 40.3 Å². The number of halogens is 6. The van der Waals surface area contributed by atoms with Gasteiger partial charge in [0.1, 0.15) is 28.9 Å². The van der Waals surface area contributed by atoms with Crippen LogP contribution in [0.4, 0.5) is 27.6 Å². The molecule has 6 nitrogen and oxygen atoms in total. The number of aromatic hydroxyl groups is 1. The lowest BCUT2D eigenvalue weighted by Gasteiger charge is -2.16. The molecule has 13 heteroatoms. The molecule has 1 aliphatic rings. The summed E-state index contributed by atoms with van der Waals surface area (Å²) in [6.07, 6.45) is -4.76. The lowest BCUT2D eigenvalue weighted by molar-refractivity contribution is -0.137. The van der Waals surface area contributed by atoms with Gasteiger partial charge in [0, 0.05) is 11.6 Å². The van der Waals surface area contributed by atoms with E-state index in [0.717, 1.165) is 24.3 Å². The van der Waals surface area contributed by atoms with Crippen LogP contribution >= 0.6 is 15.9 Å². The zero-order valence-electron chi connectivity index (χ0n) is 16.5. The maximum Gasteiger partial charge on any atom is 0.416 e. The number of hydrogen-bond donors (Lipinski definition) is 2. The second-order valence-corrected chi connectivity index (χ2v) is 9.67. The Hall–Kier alpha value is -3.19. The molecule has 0 aliphatic carbocycles. The van der Waals surface area contributed by atoms with E-state index in [1.807, 2.05) is 4.72 Å². The predicted molar refractivity (Wildman–Crippen MR) is 113 cm³/mol. The first-order valence-electron chi connectivity index (χ1n) is 9.20. The lowest BCUT2D eigenvalue weighted by atomic mass is 9.96. The Morgan fingerprint density at radius 2 is 1.71 bits per heavy atom. The normalized spacial score (nSPS) is 15.2. The van der Waals surface area contributed by atoms with Gasteiger partial charge in [0.2, 0.25) is 0 Å². The van der Waals surface area contributed by atoms with Crippen LogP contribution < -0.4 is 4.72 Å². The Kier molecular flexibility index (Phi) is 5.80. The fourth-order valence-electron chi connectivity index (χ4n) is 3.31. The molecule has 0 radical (unpaired) electrons. The Morgan fingerprint density at radius 1 is 1.00 bits per heavy atom. The number of esters is 1. The predicted octanol–water partition coefficient (Wildman–Crippen LogP) is 5.59. The fourth-order valence-corrected chi connectivity index (χ4v) is 5.10. The number of cyclic esters (lactones) is 1. The van der Waals surface area contributed by atoms with Crippen LogP contribution in [0.25, 0.3) is 11.1 Å². The number of phenolic OH excluding ortho intramolecular Hbond substituents is 1. The molecule has 0 spiro atoms. The number of phenols is 1. The van der Waals surface area contributed by atoms with Crippen LogP contribution in [0.15, 0.2) is 51.8 Å². The summed E-state index contributed by atoms with van der Waals surface area (Å²) in [5.41, 5.74) is -3.13. The largest absolute Gasteiger partial charge is 0.505 e. The van der Waals surface area contributed by atoms with Crippen molar-refractivity contribution in [3.05, 3.63) is 75.3 Å². The highest BCUT2D eigenvalue weighted by Gasteiger charge is 2.32. The maximum absolute atomic E-state index is 14.7. The highest BCUT2D eigenvalue weighted by atomic mass is 79.9. The minimum atomic E-state index is -4.76. The molecule has 3 aromatic rings. The van der Waals surface area contributed by atoms with E-state index in [1.165, 1.54) is 0 Å². The van der Waals surface area contributed by atoms with Gasteiger partial charge < -0.3 is 9.84 Å². The summed E-state index contributed by atoms with van der Waals surface area (Å²) in [6, 6.07) is 5.09. The molecule has 4 bridgehead atoms. The smallest absolute Gasteiger partial charge is 0.416 e. The third-order valence-corrected chi connectivity index (χ3v) is 6.92. The van der Waals surface area contributed by atoms with Crippen molar-refractivity contribution >= 4 is 37.6 Å². The molecule has 1 aliphatic heterocycles. The number of hydrogen-bond acceptors (Lipinski definition) is 5. The molecule has 1 heterocycles. The Labute approximate surface area is 197 Å². The summed E-state index contributed by atoms with van der Waals surface area (Å²) in [4.78, 5) is 11.7. The summed E-state index contributed by atoms with van der Waals surface area (Å²) in [6.45, 7) is -0.752. The van der Waals surface area contributed by atoms with Crippen molar-refractivity contribution in [2.45, 2.75) is 17.7 Å². The van der Waals surface area contributed by atoms with E-state index >= 15 is 0 Å². The number of alkyl halides is 3. The van der Waals surface area contributed by atoms with Gasteiger partial charge in [-0.2, -0.15) is 13.2 Å². The van der Waals surface area contributed by atoms with Crippen LogP contribution in [0.3, 0.4) is 0 Å². The summed E-state index contributed by atoms with van der Waals surface area (Å²) < 4.78 is 101. The first-order chi connectivity index (χ1) is 15.8. The van der Waals surface area contributed by atoms with Gasteiger partial charge in [-0.1, -0.05) is 6.07 Å². The molecule has 3 aromatic carbocycles. The monoisotopic (exact) mass is 563 g/mol. The minimum absolute atomic E-state index is 0.186. The Morgan fingerprint density at radius 3 is 2.38 bits per heavy atom. The van der Waals surface area contributed by atoms with Crippen LogP contribution in [0.1, 0.15) is 21.5 Å². The van der Waals surface area contributed by atoms with Gasteiger partial charge in [-0.05, 0) is 57.4 Å². The van der Waals surface area contributed by atoms with E-state index in [0.29, 0.717) is 18.2 Å². The van der Waals surface area contributed by atoms with Crippen LogP contribution in [0.2, 0.25) is 0 Å². The van der Waals surface area contributed by atoms with E-state index in [2.05, 4.69) is 15.9 Å². The van der Waals surface area contributed by atoms with E-state index < -0.39 is 67.9 Å². The highest BCUT2D eigenvalue weighted by Crippen LogP contribution is 2.38. The summed E-state index contributed by atoms with van der Waals surface area (Å²) in [5, 5.41) is 10.2. The second kappa shape index (κ2) is 8.24. The number of nitrogens with one attached hydrogen (secondary N) is 1. The number of ether oxygens (including phenoxy) is 1. The first kappa shape index (κ1) is 24.0. The fraction of sp³-hybridized carbons (Fsp3) is 0.0952. The van der Waals surface area contributed by atoms with Crippen molar-refractivity contribution in [1.29, 1.82) is 0 Å². The quantitative estimate of drug-likeness (QED) is 0.275. The van der Waals surface area contributed by atoms with Gasteiger partial charge in [-0.25, -0.2) is 22.0 Å². The van der Waals surface area contributed by atoms with Crippen LogP contribution in [0.5, 0.6) is 5.75 Å². The van der Waals surface area contributed by atoms with Gasteiger partial charge in [0.25, 0.3) is 10.0 Å². The summed E-state index contributed by atoms with van der Waals surface area (Å²) in [5.74, 6) is -4.47. The van der Waals surface area contributed by atoms with Gasteiger partial charge in [-0.15, -0.1) is 0 Å². The lowest BCUT2D eigenvalue weighted by Crippen LogP contribution is -2.15. The van der Waals surface area contributed by atoms with Crippen LogP contribution in [0, 0.1) is 11.6 Å². The van der Waals surface area contributed by atoms with Gasteiger partial charge >= 0.3 is 12.1 Å². The number of carbonyl (C=O) groups excluding carboxylic acids is 1. The number of carbonyl (C=O) groups is 1. The molecule has 178 valence electrons. The molecule has 0 fully saturated rings. The summed E-state index contributed by atoms with van der Waals surface area (Å²) in [7, 11) is -4.72. The van der Waals surface area contributed by atoms with Crippen molar-refractivity contribution in [3.8, 4) is 16.9 Å². The first-order valence-corrected chi connectivity index (χ1v) is 11.5. The molecule has 34 heavy (non-hydrogen) atoms. The zero-order valence-corrected chi connectivity index (χ0v) is 18.9. The summed E-state index contributed by atoms with van der Waals surface area (Å²) >= 11 is 2.90. The molecular weight excluding hydrogens is 553 g/mol. The number of fused-ring (bicyclic) bond motifs is 6. The molecule has 2 N–H and O–H groups in total. The standard InChI is InChI=1S/C21H11BrF5NO5S/c22-14-4-9-5-18(19(14)29)34(31,32)28-17-6-13(15(23)7-16(17)24)12-2-1-11(21(25,26)27)3-10(12)8-33-20(9)30/h1-7,28-29H,8H2. The van der Waals surface area contributed by atoms with E-state index in [-0.39, 0.29) is 21.2 Å². The molecule has 0 aromatic heterocycles. The average molecular weight is 564 g/mol. The average Bonchev–Trinajstić information content (AvgIpc) is 2.74. The van der Waals surface area contributed by atoms with Crippen molar-refractivity contribution < 1.29 is 45.0 Å². The zero-order chi connectivity index (χ0) is 25.0. The van der Waals surface area contributed by atoms with E-state index in [4.69, 9.17) is 4.74 Å². The van der Waals surface area contributed by atoms with Gasteiger partial charge in [0.15, 0.2) is 0 Å². The van der Waals surface area contributed by atoms with Crippen molar-refractivity contribution in [2.75, 3.05) is 4.72 Å². The Balaban J connectivity index is 2.01. The topological polar surface area (TPSA) is 92.7 Å². The van der Waals surface area contributed by atoms with Crippen molar-refractivity contribution in [2.24, 2.45) is 0 Å². The molecule has 4 rings (SSSR count). The molecule has 0 amide bonds. The minimum Gasteiger partial charge on any atom is -0.505 e.